The summed E-state index contributed by atoms with van der Waals surface area (Å²) in [5, 5.41) is 1.97. The maximum atomic E-state index is 12.2. The summed E-state index contributed by atoms with van der Waals surface area (Å²) in [6.45, 7) is 0.389. The van der Waals surface area contributed by atoms with Crippen LogP contribution in [0.4, 0.5) is 5.69 Å². The molecule has 1 aliphatic carbocycles. The van der Waals surface area contributed by atoms with E-state index >= 15 is 0 Å². The second-order valence-electron chi connectivity index (χ2n) is 5.79. The number of amides is 1. The lowest BCUT2D eigenvalue weighted by molar-refractivity contribution is -0.120. The van der Waals surface area contributed by atoms with Gasteiger partial charge in [-0.25, -0.2) is 0 Å². The third kappa shape index (κ3) is 1.88. The fourth-order valence-electron chi connectivity index (χ4n) is 3.56. The molecule has 106 valence electrons. The first kappa shape index (κ1) is 12.8. The number of halogens is 1. The zero-order valence-corrected chi connectivity index (χ0v) is 12.2. The summed E-state index contributed by atoms with van der Waals surface area (Å²) in [5.41, 5.74) is 3.60. The summed E-state index contributed by atoms with van der Waals surface area (Å²) < 4.78 is 0. The van der Waals surface area contributed by atoms with Crippen molar-refractivity contribution in [2.75, 3.05) is 11.4 Å². The summed E-state index contributed by atoms with van der Waals surface area (Å²) in [4.78, 5) is 25.3. The Hall–Kier alpha value is -1.87. The molecule has 1 fully saturated rings. The second-order valence-corrected chi connectivity index (χ2v) is 6.17. The van der Waals surface area contributed by atoms with Crippen LogP contribution in [0, 0.1) is 5.92 Å². The topological polar surface area (TPSA) is 37.4 Å². The second kappa shape index (κ2) is 4.57. The van der Waals surface area contributed by atoms with E-state index < -0.39 is 5.24 Å². The van der Waals surface area contributed by atoms with Gasteiger partial charge >= 0.3 is 0 Å². The molecular formula is C17H14ClNO2. The van der Waals surface area contributed by atoms with Crippen LogP contribution < -0.4 is 4.90 Å². The number of benzene rings is 2. The van der Waals surface area contributed by atoms with E-state index in [0.717, 1.165) is 23.9 Å². The molecule has 0 radical (unpaired) electrons. The summed E-state index contributed by atoms with van der Waals surface area (Å²) in [6.07, 6.45) is 2.34. The molecule has 2 aliphatic rings. The smallest absolute Gasteiger partial charge is 0.227 e. The maximum absolute atomic E-state index is 12.2. The van der Waals surface area contributed by atoms with E-state index in [0.29, 0.717) is 6.54 Å². The van der Waals surface area contributed by atoms with Gasteiger partial charge in [0.05, 0.1) is 11.6 Å². The van der Waals surface area contributed by atoms with Crippen molar-refractivity contribution in [1.29, 1.82) is 0 Å². The number of anilines is 1. The molecule has 0 aromatic heterocycles. The van der Waals surface area contributed by atoms with E-state index in [1.807, 2.05) is 12.1 Å². The van der Waals surface area contributed by atoms with Gasteiger partial charge in [0.15, 0.2) is 0 Å². The fourth-order valence-corrected chi connectivity index (χ4v) is 3.71. The highest BCUT2D eigenvalue weighted by molar-refractivity contribution is 6.64. The average Bonchev–Trinajstić information content (AvgIpc) is 3.05. The standard InChI is InChI=1S/C17H14ClNO2/c18-17(21)12-8-15(20)19(9-12)14-7-6-11-5-4-10-2-1-3-13(14)16(10)11/h1-3,6-7,12H,4-5,8-9H2/t12-/m0/s1. The quantitative estimate of drug-likeness (QED) is 0.799. The van der Waals surface area contributed by atoms with Crippen LogP contribution in [0.1, 0.15) is 17.5 Å². The zero-order valence-electron chi connectivity index (χ0n) is 11.4. The lowest BCUT2D eigenvalue weighted by atomic mass is 10.0. The predicted octanol–water partition coefficient (Wildman–Crippen LogP) is 3.06. The lowest BCUT2D eigenvalue weighted by Gasteiger charge is -2.19. The van der Waals surface area contributed by atoms with E-state index in [1.165, 1.54) is 16.5 Å². The Morgan fingerprint density at radius 2 is 1.90 bits per heavy atom. The highest BCUT2D eigenvalue weighted by atomic mass is 35.5. The minimum Gasteiger partial charge on any atom is -0.311 e. The van der Waals surface area contributed by atoms with Crippen molar-refractivity contribution in [2.24, 2.45) is 5.92 Å². The third-order valence-corrected chi connectivity index (χ3v) is 4.90. The Morgan fingerprint density at radius 3 is 2.62 bits per heavy atom. The molecule has 0 bridgehead atoms. The van der Waals surface area contributed by atoms with Gasteiger partial charge in [0.25, 0.3) is 0 Å². The number of hydrogen-bond donors (Lipinski definition) is 0. The van der Waals surface area contributed by atoms with Crippen LogP contribution in [0.3, 0.4) is 0 Å². The zero-order chi connectivity index (χ0) is 14.6. The summed E-state index contributed by atoms with van der Waals surface area (Å²) in [6, 6.07) is 10.4. The third-order valence-electron chi connectivity index (χ3n) is 4.59. The van der Waals surface area contributed by atoms with Crippen LogP contribution in [-0.4, -0.2) is 17.7 Å². The monoisotopic (exact) mass is 299 g/mol. The van der Waals surface area contributed by atoms with Crippen LogP contribution in [0.5, 0.6) is 0 Å². The molecule has 3 nitrogen and oxygen atoms in total. The molecule has 1 atom stereocenters. The molecule has 0 spiro atoms. The van der Waals surface area contributed by atoms with E-state index in [9.17, 15) is 9.59 Å². The number of nitrogens with zero attached hydrogens (tertiary/aromatic N) is 1. The van der Waals surface area contributed by atoms with Crippen LogP contribution in [0.2, 0.25) is 0 Å². The number of rotatable bonds is 2. The molecular weight excluding hydrogens is 286 g/mol. The molecule has 4 rings (SSSR count). The molecule has 0 unspecified atom stereocenters. The highest BCUT2D eigenvalue weighted by Crippen LogP contribution is 2.38. The van der Waals surface area contributed by atoms with Gasteiger partial charge in [-0.1, -0.05) is 24.3 Å². The number of aryl methyl sites for hydroxylation is 2. The van der Waals surface area contributed by atoms with Crippen molar-refractivity contribution in [3.63, 3.8) is 0 Å². The average molecular weight is 300 g/mol. The molecule has 1 heterocycles. The summed E-state index contributed by atoms with van der Waals surface area (Å²) >= 11 is 5.56. The molecule has 1 saturated heterocycles. The summed E-state index contributed by atoms with van der Waals surface area (Å²) in [5.74, 6) is -0.407. The van der Waals surface area contributed by atoms with Gasteiger partial charge in [0.2, 0.25) is 11.1 Å². The van der Waals surface area contributed by atoms with Crippen molar-refractivity contribution in [1.82, 2.24) is 0 Å². The Balaban J connectivity index is 1.85. The lowest BCUT2D eigenvalue weighted by Crippen LogP contribution is -2.25. The fraction of sp³-hybridized carbons (Fsp3) is 0.294. The Bertz CT molecular complexity index is 773. The number of carbonyl (C=O) groups is 2. The van der Waals surface area contributed by atoms with E-state index in [2.05, 4.69) is 18.2 Å². The molecule has 1 amide bonds. The van der Waals surface area contributed by atoms with Crippen molar-refractivity contribution in [3.8, 4) is 0 Å². The van der Waals surface area contributed by atoms with E-state index in [1.54, 1.807) is 4.90 Å². The van der Waals surface area contributed by atoms with Crippen molar-refractivity contribution < 1.29 is 9.59 Å². The van der Waals surface area contributed by atoms with Crippen LogP contribution >= 0.6 is 11.6 Å². The van der Waals surface area contributed by atoms with E-state index in [4.69, 9.17) is 11.6 Å². The van der Waals surface area contributed by atoms with Crippen molar-refractivity contribution in [2.45, 2.75) is 19.3 Å². The van der Waals surface area contributed by atoms with Gasteiger partial charge in [0.1, 0.15) is 0 Å². The molecule has 2 aromatic rings. The normalized spacial score (nSPS) is 20.5. The Morgan fingerprint density at radius 1 is 1.14 bits per heavy atom. The van der Waals surface area contributed by atoms with Gasteiger partial charge in [-0.2, -0.15) is 0 Å². The highest BCUT2D eigenvalue weighted by Gasteiger charge is 2.35. The van der Waals surface area contributed by atoms with E-state index in [-0.39, 0.29) is 18.2 Å². The van der Waals surface area contributed by atoms with Gasteiger partial charge in [-0.3, -0.25) is 9.59 Å². The van der Waals surface area contributed by atoms with Gasteiger partial charge in [-0.15, -0.1) is 0 Å². The number of hydrogen-bond acceptors (Lipinski definition) is 2. The summed E-state index contributed by atoms with van der Waals surface area (Å²) in [7, 11) is 0. The molecule has 21 heavy (non-hydrogen) atoms. The molecule has 4 heteroatoms. The van der Waals surface area contributed by atoms with Gasteiger partial charge in [-0.05, 0) is 47.0 Å². The van der Waals surface area contributed by atoms with Crippen molar-refractivity contribution >= 4 is 39.2 Å². The van der Waals surface area contributed by atoms with Crippen LogP contribution in [0.25, 0.3) is 10.8 Å². The molecule has 1 aliphatic heterocycles. The molecule has 0 saturated carbocycles. The Labute approximate surface area is 127 Å². The first-order chi connectivity index (χ1) is 10.1. The molecule has 0 N–H and O–H groups in total. The Kier molecular flexibility index (Phi) is 2.79. The minimum absolute atomic E-state index is 0.0206. The first-order valence-electron chi connectivity index (χ1n) is 7.18. The number of carbonyl (C=O) groups excluding carboxylic acids is 2. The van der Waals surface area contributed by atoms with Crippen molar-refractivity contribution in [3.05, 3.63) is 41.5 Å². The van der Waals surface area contributed by atoms with Gasteiger partial charge < -0.3 is 4.90 Å². The first-order valence-corrected chi connectivity index (χ1v) is 7.56. The molecule has 2 aromatic carbocycles. The minimum atomic E-state index is -0.420. The SMILES string of the molecule is O=C(Cl)[C@H]1CC(=O)N(c2ccc3c4c(cccc24)CC3)C1. The van der Waals surface area contributed by atoms with Crippen LogP contribution in [0.15, 0.2) is 30.3 Å². The largest absolute Gasteiger partial charge is 0.311 e. The maximum Gasteiger partial charge on any atom is 0.227 e. The van der Waals surface area contributed by atoms with Crippen LogP contribution in [-0.2, 0) is 22.4 Å². The van der Waals surface area contributed by atoms with Gasteiger partial charge in [0, 0.05) is 18.4 Å². The predicted molar refractivity (Wildman–Crippen MR) is 82.7 cm³/mol.